The average Bonchev–Trinajstić information content (AvgIpc) is 3.29. The topological polar surface area (TPSA) is 46.9 Å². The molecule has 1 N–H and O–H groups in total. The number of unbranched alkanes of at least 4 members (excludes halogenated alkanes) is 2. The molecular weight excluding hydrogens is 518 g/mol. The number of rotatable bonds is 8. The second-order valence-electron chi connectivity index (χ2n) is 10.8. The number of nitrogens with one attached hydrogen (secondary N) is 1. The maximum Gasteiger partial charge on any atom is 0.272 e. The molecule has 4 aliphatic carbocycles. The summed E-state index contributed by atoms with van der Waals surface area (Å²) in [7, 11) is 0. The number of amides is 1. The molecule has 33 heavy (non-hydrogen) atoms. The molecule has 2 heterocycles. The molecule has 4 nitrogen and oxygen atoms in total. The summed E-state index contributed by atoms with van der Waals surface area (Å²) in [6.45, 7) is 6.45. The van der Waals surface area contributed by atoms with E-state index in [2.05, 4.69) is 45.8 Å². The van der Waals surface area contributed by atoms with Gasteiger partial charge in [-0.25, -0.2) is 0 Å². The predicted octanol–water partition coefficient (Wildman–Crippen LogP) is 7.07. The van der Waals surface area contributed by atoms with Crippen molar-refractivity contribution in [2.45, 2.75) is 78.2 Å². The van der Waals surface area contributed by atoms with Crippen molar-refractivity contribution in [3.8, 4) is 11.3 Å². The van der Waals surface area contributed by atoms with Gasteiger partial charge in [-0.2, -0.15) is 5.10 Å². The van der Waals surface area contributed by atoms with Crippen molar-refractivity contribution < 1.29 is 4.79 Å². The largest absolute Gasteiger partial charge is 0.350 e. The number of hydrogen-bond donors (Lipinski definition) is 1. The van der Waals surface area contributed by atoms with Crippen LogP contribution in [0.25, 0.3) is 11.3 Å². The highest BCUT2D eigenvalue weighted by atomic mass is 79.9. The first kappa shape index (κ1) is 23.9. The Morgan fingerprint density at radius 3 is 2.91 bits per heavy atom. The lowest BCUT2D eigenvalue weighted by molar-refractivity contribution is -0.103. The van der Waals surface area contributed by atoms with E-state index < -0.39 is 0 Å². The summed E-state index contributed by atoms with van der Waals surface area (Å²) in [5, 5.41) is 8.23. The van der Waals surface area contributed by atoms with Crippen molar-refractivity contribution in [3.63, 3.8) is 0 Å². The zero-order valence-corrected chi connectivity index (χ0v) is 22.9. The third-order valence-electron chi connectivity index (χ3n) is 8.66. The van der Waals surface area contributed by atoms with Crippen LogP contribution in [0.2, 0.25) is 0 Å². The lowest BCUT2D eigenvalue weighted by atomic mass is 9.45. The quantitative estimate of drug-likeness (QED) is 0.281. The molecule has 0 aliphatic heterocycles. The Labute approximate surface area is 215 Å². The van der Waals surface area contributed by atoms with Gasteiger partial charge in [-0.05, 0) is 96.5 Å². The molecular formula is C26H35BrClN3OS. The number of halogens is 2. The Morgan fingerprint density at radius 1 is 1.30 bits per heavy atom. The third-order valence-corrected chi connectivity index (χ3v) is 10.6. The molecule has 2 aromatic rings. The van der Waals surface area contributed by atoms with E-state index in [9.17, 15) is 4.79 Å². The molecule has 3 saturated carbocycles. The van der Waals surface area contributed by atoms with Gasteiger partial charge in [-0.15, -0.1) is 22.9 Å². The zero-order valence-electron chi connectivity index (χ0n) is 19.8. The number of carbonyl (C=O) groups is 1. The van der Waals surface area contributed by atoms with Gasteiger partial charge in [-0.1, -0.05) is 20.3 Å². The second kappa shape index (κ2) is 9.66. The van der Waals surface area contributed by atoms with E-state index in [0.29, 0.717) is 22.9 Å². The molecule has 3 fully saturated rings. The summed E-state index contributed by atoms with van der Waals surface area (Å²) in [5.41, 5.74) is 4.66. The zero-order chi connectivity index (χ0) is 23.2. The maximum atomic E-state index is 13.4. The third kappa shape index (κ3) is 4.45. The van der Waals surface area contributed by atoms with Crippen LogP contribution in [-0.4, -0.2) is 28.1 Å². The van der Waals surface area contributed by atoms with Crippen LogP contribution in [-0.2, 0) is 19.4 Å². The molecule has 2 aromatic heterocycles. The molecule has 4 aliphatic rings. The first-order valence-electron chi connectivity index (χ1n) is 12.6. The molecule has 0 saturated heterocycles. The molecule has 2 bridgehead atoms. The number of fused-ring (bicyclic) bond motifs is 5. The van der Waals surface area contributed by atoms with Crippen molar-refractivity contribution in [1.82, 2.24) is 15.1 Å². The Hall–Kier alpha value is -0.850. The van der Waals surface area contributed by atoms with Crippen molar-refractivity contribution in [2.75, 3.05) is 12.4 Å². The molecule has 6 rings (SSSR count). The Balaban J connectivity index is 1.38. The minimum Gasteiger partial charge on any atom is -0.350 e. The van der Waals surface area contributed by atoms with Gasteiger partial charge in [0, 0.05) is 35.0 Å². The molecule has 7 heteroatoms. The standard InChI is InChI=1S/C26H35BrClN3OS/c1-26(2)17-10-9-16(20(26)13-17)15-29-25(32)23-18-7-6-8-21-19(14-22(27)33-21)24(18)31(30-23)12-5-3-4-11-28/h14,16-17,20H,3-13,15H2,1-2H3,(H,29,32). The number of thiophene rings is 1. The van der Waals surface area contributed by atoms with Crippen molar-refractivity contribution in [2.24, 2.45) is 23.2 Å². The normalized spacial score (nSPS) is 25.0. The summed E-state index contributed by atoms with van der Waals surface area (Å²) in [4.78, 5) is 14.8. The van der Waals surface area contributed by atoms with Gasteiger partial charge in [0.25, 0.3) is 5.91 Å². The maximum absolute atomic E-state index is 13.4. The second-order valence-corrected chi connectivity index (χ2v) is 13.7. The van der Waals surface area contributed by atoms with Gasteiger partial charge >= 0.3 is 0 Å². The summed E-state index contributed by atoms with van der Waals surface area (Å²) in [6.07, 6.45) is 10.1. The molecule has 0 aromatic carbocycles. The summed E-state index contributed by atoms with van der Waals surface area (Å²) in [6, 6.07) is 2.22. The van der Waals surface area contributed by atoms with Crippen LogP contribution in [0.5, 0.6) is 0 Å². The fourth-order valence-electron chi connectivity index (χ4n) is 6.64. The highest BCUT2D eigenvalue weighted by Gasteiger charge is 2.54. The van der Waals surface area contributed by atoms with E-state index in [1.54, 1.807) is 0 Å². The number of hydrogen-bond acceptors (Lipinski definition) is 3. The fourth-order valence-corrected chi connectivity index (χ4v) is 8.57. The SMILES string of the molecule is CC1(C)C2CCC(CNC(=O)c3nn(CCCCCCl)c4c3CCCc3sc(Br)cc3-4)C1C2. The smallest absolute Gasteiger partial charge is 0.272 e. The average molecular weight is 553 g/mol. The van der Waals surface area contributed by atoms with Gasteiger partial charge in [0.05, 0.1) is 9.48 Å². The minimum atomic E-state index is 0.0164. The van der Waals surface area contributed by atoms with Gasteiger partial charge < -0.3 is 5.32 Å². The number of aromatic nitrogens is 2. The number of carbonyl (C=O) groups excluding carboxylic acids is 1. The molecule has 0 radical (unpaired) electrons. The van der Waals surface area contributed by atoms with Crippen LogP contribution in [0.4, 0.5) is 0 Å². The van der Waals surface area contributed by atoms with Gasteiger partial charge in [0.15, 0.2) is 5.69 Å². The first-order chi connectivity index (χ1) is 15.9. The molecule has 3 atom stereocenters. The monoisotopic (exact) mass is 551 g/mol. The van der Waals surface area contributed by atoms with Crippen LogP contribution in [0, 0.1) is 23.2 Å². The van der Waals surface area contributed by atoms with E-state index >= 15 is 0 Å². The number of alkyl halides is 1. The van der Waals surface area contributed by atoms with Crippen LogP contribution < -0.4 is 5.32 Å². The highest BCUT2D eigenvalue weighted by molar-refractivity contribution is 9.11. The van der Waals surface area contributed by atoms with Crippen molar-refractivity contribution in [3.05, 3.63) is 26.0 Å². The van der Waals surface area contributed by atoms with Crippen LogP contribution >= 0.6 is 38.9 Å². The molecule has 3 unspecified atom stereocenters. The molecule has 1 amide bonds. The van der Waals surface area contributed by atoms with Gasteiger partial charge in [-0.3, -0.25) is 9.48 Å². The summed E-state index contributed by atoms with van der Waals surface area (Å²) in [5.74, 6) is 2.96. The van der Waals surface area contributed by atoms with E-state index in [0.717, 1.165) is 72.8 Å². The van der Waals surface area contributed by atoms with E-state index in [1.807, 2.05) is 11.3 Å². The van der Waals surface area contributed by atoms with E-state index in [-0.39, 0.29) is 5.91 Å². The highest BCUT2D eigenvalue weighted by Crippen LogP contribution is 2.61. The Bertz CT molecular complexity index is 1030. The van der Waals surface area contributed by atoms with Crippen LogP contribution in [0.1, 0.15) is 79.7 Å². The first-order valence-corrected chi connectivity index (χ1v) is 14.8. The number of nitrogens with zero attached hydrogens (tertiary/aromatic N) is 2. The Kier molecular flexibility index (Phi) is 6.99. The van der Waals surface area contributed by atoms with E-state index in [1.165, 1.54) is 35.4 Å². The fraction of sp³-hybridized carbons (Fsp3) is 0.692. The lowest BCUT2D eigenvalue weighted by Crippen LogP contribution is -2.54. The predicted molar refractivity (Wildman–Crippen MR) is 140 cm³/mol. The lowest BCUT2D eigenvalue weighted by Gasteiger charge is -2.60. The minimum absolute atomic E-state index is 0.0164. The Morgan fingerprint density at radius 2 is 2.15 bits per heavy atom. The van der Waals surface area contributed by atoms with E-state index in [4.69, 9.17) is 16.7 Å². The van der Waals surface area contributed by atoms with Crippen LogP contribution in [0.3, 0.4) is 0 Å². The number of aryl methyl sites for hydroxylation is 2. The van der Waals surface area contributed by atoms with Crippen molar-refractivity contribution >= 4 is 44.8 Å². The van der Waals surface area contributed by atoms with Crippen molar-refractivity contribution in [1.29, 1.82) is 0 Å². The summed E-state index contributed by atoms with van der Waals surface area (Å²) >= 11 is 11.4. The molecule has 0 spiro atoms. The van der Waals surface area contributed by atoms with Gasteiger partial charge in [0.2, 0.25) is 0 Å². The van der Waals surface area contributed by atoms with Gasteiger partial charge in [0.1, 0.15) is 0 Å². The van der Waals surface area contributed by atoms with Crippen LogP contribution in [0.15, 0.2) is 9.85 Å². The molecule has 180 valence electrons. The summed E-state index contributed by atoms with van der Waals surface area (Å²) < 4.78 is 3.27.